The molecule has 0 saturated heterocycles. The molecule has 0 spiro atoms. The molecule has 0 aromatic heterocycles. The van der Waals surface area contributed by atoms with Gasteiger partial charge in [0.2, 0.25) is 37.3 Å². The lowest BCUT2D eigenvalue weighted by atomic mass is 10.0. The molecule has 274 valence electrons. The molecule has 1 heterocycles. The molecule has 0 bridgehead atoms. The average Bonchev–Trinajstić information content (AvgIpc) is 3.39. The van der Waals surface area contributed by atoms with Crippen LogP contribution in [0, 0.1) is 0 Å². The lowest BCUT2D eigenvalue weighted by molar-refractivity contribution is -0.140. The van der Waals surface area contributed by atoms with Crippen molar-refractivity contribution in [3.05, 3.63) is 41.5 Å². The van der Waals surface area contributed by atoms with E-state index < -0.39 is 65.9 Å². The number of benzene rings is 1. The molecule has 1 aliphatic heterocycles. The SMILES string of the molecule is [B]C(=O)OCc1ccc(NC(=O)[C@H](CCCNC(N)=O)NC(=O)CNC(=O)CCOCCN2C(=O)C=CC2=O)cc1CN(C)C(=O)CCC(=O)O. The molecule has 2 radical (unpaired) electrons. The first kappa shape index (κ1) is 41.4. The smallest absolute Gasteiger partial charge is 0.312 e. The highest BCUT2D eigenvalue weighted by Gasteiger charge is 2.24. The Balaban J connectivity index is 2.01. The van der Waals surface area contributed by atoms with Crippen LogP contribution in [0.15, 0.2) is 30.4 Å². The van der Waals surface area contributed by atoms with Crippen LogP contribution < -0.4 is 27.0 Å². The highest BCUT2D eigenvalue weighted by Crippen LogP contribution is 2.20. The Hall–Kier alpha value is -5.79. The Bertz CT molecular complexity index is 1500. The minimum absolute atomic E-state index is 0.0152. The van der Waals surface area contributed by atoms with Gasteiger partial charge in [-0.3, -0.25) is 43.3 Å². The number of primary amides is 1. The summed E-state index contributed by atoms with van der Waals surface area (Å²) in [4.78, 5) is 109. The Kier molecular flexibility index (Phi) is 17.3. The van der Waals surface area contributed by atoms with E-state index in [4.69, 9.17) is 28.2 Å². The number of carbonyl (C=O) groups is 9. The number of rotatable bonds is 22. The number of urea groups is 1. The van der Waals surface area contributed by atoms with Gasteiger partial charge in [-0.25, -0.2) is 4.79 Å². The number of carboxylic acid groups (broad SMARTS) is 1. The molecule has 0 saturated carbocycles. The zero-order valence-corrected chi connectivity index (χ0v) is 27.9. The third-order valence-electron chi connectivity index (χ3n) is 7.13. The summed E-state index contributed by atoms with van der Waals surface area (Å²) in [6.45, 7) is -0.684. The molecule has 7 N–H and O–H groups in total. The molecule has 19 nitrogen and oxygen atoms in total. The molecule has 51 heavy (non-hydrogen) atoms. The minimum Gasteiger partial charge on any atom is -0.481 e. The number of aliphatic carboxylic acids is 1. The predicted molar refractivity (Wildman–Crippen MR) is 177 cm³/mol. The van der Waals surface area contributed by atoms with Gasteiger partial charge in [0.1, 0.15) is 12.6 Å². The number of hydrogen-bond acceptors (Lipinski definition) is 11. The molecular weight excluding hydrogens is 673 g/mol. The summed E-state index contributed by atoms with van der Waals surface area (Å²) in [7, 11) is 6.54. The lowest BCUT2D eigenvalue weighted by Gasteiger charge is -2.21. The van der Waals surface area contributed by atoms with Crippen LogP contribution in [0.25, 0.3) is 0 Å². The van der Waals surface area contributed by atoms with Crippen molar-refractivity contribution in [2.45, 2.75) is 51.3 Å². The predicted octanol–water partition coefficient (Wildman–Crippen LogP) is -1.37. The van der Waals surface area contributed by atoms with E-state index in [-0.39, 0.29) is 77.2 Å². The maximum absolute atomic E-state index is 13.3. The molecule has 1 atom stereocenters. The molecular formula is C31H40BN7O12. The topological polar surface area (TPSA) is 273 Å². The summed E-state index contributed by atoms with van der Waals surface area (Å²) < 4.78 is 10.2. The number of ether oxygens (including phenoxy) is 2. The zero-order chi connectivity index (χ0) is 37.9. The second-order valence-corrected chi connectivity index (χ2v) is 11.1. The van der Waals surface area contributed by atoms with Gasteiger partial charge in [-0.15, -0.1) is 0 Å². The van der Waals surface area contributed by atoms with Crippen LogP contribution in [0.3, 0.4) is 0 Å². The zero-order valence-electron chi connectivity index (χ0n) is 27.9. The first-order valence-corrected chi connectivity index (χ1v) is 15.7. The normalized spacial score (nSPS) is 12.5. The third-order valence-corrected chi connectivity index (χ3v) is 7.13. The van der Waals surface area contributed by atoms with Crippen molar-refractivity contribution in [1.29, 1.82) is 0 Å². The summed E-state index contributed by atoms with van der Waals surface area (Å²) in [5, 5.41) is 18.9. The third kappa shape index (κ3) is 16.0. The number of nitrogens with zero attached hydrogens (tertiary/aromatic N) is 2. The van der Waals surface area contributed by atoms with Gasteiger partial charge in [0, 0.05) is 50.8 Å². The first-order valence-electron chi connectivity index (χ1n) is 15.7. The monoisotopic (exact) mass is 713 g/mol. The Morgan fingerprint density at radius 1 is 0.961 bits per heavy atom. The van der Waals surface area contributed by atoms with Crippen molar-refractivity contribution in [2.75, 3.05) is 45.2 Å². The molecule has 0 aliphatic carbocycles. The van der Waals surface area contributed by atoms with E-state index in [1.54, 1.807) is 0 Å². The second-order valence-electron chi connectivity index (χ2n) is 11.1. The van der Waals surface area contributed by atoms with Gasteiger partial charge in [-0.05, 0) is 36.1 Å². The molecule has 1 aromatic carbocycles. The highest BCUT2D eigenvalue weighted by molar-refractivity contribution is 6.55. The largest absolute Gasteiger partial charge is 0.481 e. The van der Waals surface area contributed by atoms with Crippen molar-refractivity contribution in [3.8, 4) is 0 Å². The quantitative estimate of drug-likeness (QED) is 0.0462. The average molecular weight is 714 g/mol. The van der Waals surface area contributed by atoms with Crippen molar-refractivity contribution in [2.24, 2.45) is 5.73 Å². The maximum Gasteiger partial charge on any atom is 0.312 e. The fraction of sp³-hybridized carbons (Fsp3) is 0.452. The number of amides is 8. The summed E-state index contributed by atoms with van der Waals surface area (Å²) in [6, 6.07) is 2.60. The van der Waals surface area contributed by atoms with Crippen molar-refractivity contribution in [3.63, 3.8) is 0 Å². The summed E-state index contributed by atoms with van der Waals surface area (Å²) in [5.41, 5.74) is 6.22. The fourth-order valence-electron chi connectivity index (χ4n) is 4.49. The van der Waals surface area contributed by atoms with E-state index in [2.05, 4.69) is 21.3 Å². The van der Waals surface area contributed by atoms with Gasteiger partial charge < -0.3 is 46.5 Å². The molecule has 1 aromatic rings. The maximum atomic E-state index is 13.3. The fourth-order valence-corrected chi connectivity index (χ4v) is 4.49. The van der Waals surface area contributed by atoms with Crippen LogP contribution in [0.2, 0.25) is 0 Å². The number of carboxylic acids is 1. The van der Waals surface area contributed by atoms with Crippen molar-refractivity contribution in [1.82, 2.24) is 25.8 Å². The standard InChI is InChI=1S/C31H40BN7O12/c1-38(25(42)8-9-28(45)46)17-20-15-21(5-4-19(20)18-51-30(32)48)36-29(47)22(3-2-11-34-31(33)49)37-24(41)16-35-23(40)10-13-50-14-12-39-26(43)6-7-27(39)44/h4-7,15,22H,2-3,8-14,16-18H2,1H3,(H,35,40)(H,36,47)(H,37,41)(H,45,46)(H3,33,34,49)/t22-/m0/s1. The summed E-state index contributed by atoms with van der Waals surface area (Å²) >= 11 is 0. The van der Waals surface area contributed by atoms with Gasteiger partial charge in [-0.1, -0.05) is 6.07 Å². The number of anilines is 1. The molecule has 0 fully saturated rings. The molecule has 8 amide bonds. The molecule has 20 heteroatoms. The minimum atomic E-state index is -1.14. The molecule has 2 rings (SSSR count). The molecule has 0 unspecified atom stereocenters. The van der Waals surface area contributed by atoms with E-state index in [1.165, 1.54) is 30.1 Å². The van der Waals surface area contributed by atoms with E-state index in [0.29, 0.717) is 11.1 Å². The van der Waals surface area contributed by atoms with Crippen LogP contribution in [-0.2, 0) is 56.2 Å². The number of nitrogens with one attached hydrogen (secondary N) is 4. The van der Waals surface area contributed by atoms with Gasteiger partial charge in [0.25, 0.3) is 11.8 Å². The Labute approximate surface area is 294 Å². The highest BCUT2D eigenvalue weighted by atomic mass is 16.5. The number of imide groups is 1. The van der Waals surface area contributed by atoms with Crippen LogP contribution in [-0.4, -0.2) is 122 Å². The van der Waals surface area contributed by atoms with Gasteiger partial charge >= 0.3 is 12.0 Å². The van der Waals surface area contributed by atoms with Crippen LogP contribution in [0.4, 0.5) is 15.3 Å². The van der Waals surface area contributed by atoms with E-state index in [9.17, 15) is 43.2 Å². The Morgan fingerprint density at radius 2 is 1.67 bits per heavy atom. The van der Waals surface area contributed by atoms with E-state index in [1.807, 2.05) is 0 Å². The number of nitrogens with two attached hydrogens (primary N) is 1. The van der Waals surface area contributed by atoms with Crippen molar-refractivity contribution < 1.29 is 57.7 Å². The summed E-state index contributed by atoms with van der Waals surface area (Å²) in [6.07, 6.45) is 1.82. The first-order chi connectivity index (χ1) is 24.2. The van der Waals surface area contributed by atoms with Gasteiger partial charge in [0.05, 0.1) is 32.7 Å². The number of carbonyl (C=O) groups excluding carboxylic acids is 8. The van der Waals surface area contributed by atoms with E-state index >= 15 is 0 Å². The van der Waals surface area contributed by atoms with Crippen LogP contribution in [0.5, 0.6) is 0 Å². The van der Waals surface area contributed by atoms with Crippen molar-refractivity contribution >= 4 is 66.8 Å². The second kappa shape index (κ2) is 21.3. The lowest BCUT2D eigenvalue weighted by Crippen LogP contribution is -2.47. The van der Waals surface area contributed by atoms with E-state index in [0.717, 1.165) is 17.1 Å². The number of hydrogen-bond donors (Lipinski definition) is 6. The molecule has 1 aliphatic rings. The Morgan fingerprint density at radius 3 is 2.31 bits per heavy atom. The van der Waals surface area contributed by atoms with Crippen LogP contribution >= 0.6 is 0 Å². The van der Waals surface area contributed by atoms with Gasteiger partial charge in [0.15, 0.2) is 0 Å². The van der Waals surface area contributed by atoms with Crippen LogP contribution in [0.1, 0.15) is 43.2 Å². The summed E-state index contributed by atoms with van der Waals surface area (Å²) in [5.74, 6) is -5.45. The van der Waals surface area contributed by atoms with Gasteiger partial charge in [-0.2, -0.15) is 0 Å².